The van der Waals surface area contributed by atoms with Crippen LogP contribution in [0, 0.1) is 0 Å². The van der Waals surface area contributed by atoms with Crippen molar-refractivity contribution in [1.29, 1.82) is 0 Å². The molecule has 2 aromatic rings. The molecule has 2 rings (SSSR count). The molecule has 0 atom stereocenters. The molecule has 0 bridgehead atoms. The van der Waals surface area contributed by atoms with Crippen LogP contribution >= 0.6 is 0 Å². The summed E-state index contributed by atoms with van der Waals surface area (Å²) in [6.45, 7) is 0. The molecular weight excluding hydrogens is 256 g/mol. The number of nitrogen functional groups attached to an aromatic ring is 1. The predicted octanol–water partition coefficient (Wildman–Crippen LogP) is 3.04. The third-order valence-corrected chi connectivity index (χ3v) is 2.93. The predicted molar refractivity (Wildman–Crippen MR) is 80.2 cm³/mol. The van der Waals surface area contributed by atoms with Crippen molar-refractivity contribution >= 4 is 17.1 Å². The van der Waals surface area contributed by atoms with Crippen molar-refractivity contribution in [2.45, 2.75) is 0 Å². The van der Waals surface area contributed by atoms with Gasteiger partial charge < -0.3 is 25.3 Å². The van der Waals surface area contributed by atoms with Gasteiger partial charge >= 0.3 is 0 Å². The Morgan fingerprint density at radius 1 is 0.800 bits per heavy atom. The lowest BCUT2D eigenvalue weighted by molar-refractivity contribution is 0.355. The molecule has 0 unspecified atom stereocenters. The van der Waals surface area contributed by atoms with E-state index in [0.29, 0.717) is 17.2 Å². The molecule has 0 radical (unpaired) electrons. The van der Waals surface area contributed by atoms with Crippen LogP contribution in [0.25, 0.3) is 0 Å². The minimum absolute atomic E-state index is 0.563. The molecule has 0 aliphatic carbocycles. The third kappa shape index (κ3) is 2.71. The molecule has 5 nitrogen and oxygen atoms in total. The van der Waals surface area contributed by atoms with E-state index in [9.17, 15) is 0 Å². The van der Waals surface area contributed by atoms with Crippen LogP contribution in [0.3, 0.4) is 0 Å². The van der Waals surface area contributed by atoms with Crippen molar-refractivity contribution in [2.75, 3.05) is 32.4 Å². The topological polar surface area (TPSA) is 65.7 Å². The zero-order chi connectivity index (χ0) is 14.5. The van der Waals surface area contributed by atoms with Gasteiger partial charge in [0, 0.05) is 12.1 Å². The monoisotopic (exact) mass is 274 g/mol. The van der Waals surface area contributed by atoms with Crippen molar-refractivity contribution in [2.24, 2.45) is 0 Å². The van der Waals surface area contributed by atoms with E-state index in [0.717, 1.165) is 17.1 Å². The van der Waals surface area contributed by atoms with E-state index >= 15 is 0 Å². The Bertz CT molecular complexity index is 600. The number of benzene rings is 2. The molecule has 0 aliphatic heterocycles. The van der Waals surface area contributed by atoms with Gasteiger partial charge in [0.05, 0.1) is 38.4 Å². The Morgan fingerprint density at radius 2 is 1.40 bits per heavy atom. The van der Waals surface area contributed by atoms with Gasteiger partial charge in [0.1, 0.15) is 5.75 Å². The van der Waals surface area contributed by atoms with E-state index in [-0.39, 0.29) is 0 Å². The van der Waals surface area contributed by atoms with Gasteiger partial charge in [-0.1, -0.05) is 12.1 Å². The Morgan fingerprint density at radius 3 is 2.05 bits per heavy atom. The second-order valence-corrected chi connectivity index (χ2v) is 4.12. The van der Waals surface area contributed by atoms with Crippen LogP contribution in [-0.4, -0.2) is 21.3 Å². The fourth-order valence-corrected chi connectivity index (χ4v) is 1.90. The average molecular weight is 274 g/mol. The van der Waals surface area contributed by atoms with Crippen LogP contribution in [0.1, 0.15) is 0 Å². The minimum atomic E-state index is 0.563. The second-order valence-electron chi connectivity index (χ2n) is 4.12. The maximum absolute atomic E-state index is 6.02. The number of anilines is 3. The van der Waals surface area contributed by atoms with Crippen LogP contribution < -0.4 is 25.3 Å². The van der Waals surface area contributed by atoms with Gasteiger partial charge in [0.2, 0.25) is 0 Å². The Labute approximate surface area is 118 Å². The summed E-state index contributed by atoms with van der Waals surface area (Å²) < 4.78 is 15.8. The van der Waals surface area contributed by atoms with Crippen LogP contribution in [0.15, 0.2) is 36.4 Å². The first kappa shape index (κ1) is 13.9. The lowest BCUT2D eigenvalue weighted by Crippen LogP contribution is -2.00. The lowest BCUT2D eigenvalue weighted by Gasteiger charge is -2.15. The second kappa shape index (κ2) is 6.06. The van der Waals surface area contributed by atoms with Crippen molar-refractivity contribution in [1.82, 2.24) is 0 Å². The fraction of sp³-hybridized carbons (Fsp3) is 0.200. The van der Waals surface area contributed by atoms with Crippen LogP contribution in [-0.2, 0) is 0 Å². The first-order chi connectivity index (χ1) is 9.69. The van der Waals surface area contributed by atoms with E-state index in [1.807, 2.05) is 24.3 Å². The number of para-hydroxylation sites is 2. The van der Waals surface area contributed by atoms with E-state index in [2.05, 4.69) is 5.32 Å². The summed E-state index contributed by atoms with van der Waals surface area (Å²) in [5, 5.41) is 3.23. The van der Waals surface area contributed by atoms with E-state index < -0.39 is 0 Å². The molecule has 0 spiro atoms. The van der Waals surface area contributed by atoms with Gasteiger partial charge in [0.25, 0.3) is 0 Å². The van der Waals surface area contributed by atoms with Crippen molar-refractivity contribution in [3.05, 3.63) is 36.4 Å². The summed E-state index contributed by atoms with van der Waals surface area (Å²) in [5.74, 6) is 1.94. The van der Waals surface area contributed by atoms with Gasteiger partial charge in [-0.3, -0.25) is 0 Å². The molecule has 0 amide bonds. The molecule has 2 aromatic carbocycles. The average Bonchev–Trinajstić information content (AvgIpc) is 2.49. The SMILES string of the molecule is COc1ccccc1Nc1cc(OC)c(OC)cc1N. The Hall–Kier alpha value is -2.56. The molecule has 0 heterocycles. The van der Waals surface area contributed by atoms with Crippen molar-refractivity contribution in [3.8, 4) is 17.2 Å². The van der Waals surface area contributed by atoms with Gasteiger partial charge in [-0.2, -0.15) is 0 Å². The minimum Gasteiger partial charge on any atom is -0.495 e. The highest BCUT2D eigenvalue weighted by Gasteiger charge is 2.10. The van der Waals surface area contributed by atoms with Crippen molar-refractivity contribution in [3.63, 3.8) is 0 Å². The number of nitrogens with one attached hydrogen (secondary N) is 1. The third-order valence-electron chi connectivity index (χ3n) is 2.93. The number of ether oxygens (including phenoxy) is 3. The molecular formula is C15H18N2O3. The van der Waals surface area contributed by atoms with Crippen molar-refractivity contribution < 1.29 is 14.2 Å². The first-order valence-electron chi connectivity index (χ1n) is 6.11. The number of methoxy groups -OCH3 is 3. The number of nitrogens with two attached hydrogens (primary N) is 1. The smallest absolute Gasteiger partial charge is 0.162 e. The highest BCUT2D eigenvalue weighted by molar-refractivity contribution is 5.78. The van der Waals surface area contributed by atoms with Crippen LogP contribution in [0.4, 0.5) is 17.1 Å². The van der Waals surface area contributed by atoms with E-state index in [4.69, 9.17) is 19.9 Å². The van der Waals surface area contributed by atoms with Gasteiger partial charge in [-0.05, 0) is 12.1 Å². The highest BCUT2D eigenvalue weighted by atomic mass is 16.5. The zero-order valence-electron chi connectivity index (χ0n) is 11.8. The van der Waals surface area contributed by atoms with Gasteiger partial charge in [0.15, 0.2) is 11.5 Å². The molecule has 5 heteroatoms. The lowest BCUT2D eigenvalue weighted by atomic mass is 10.2. The van der Waals surface area contributed by atoms with Crippen LogP contribution in [0.2, 0.25) is 0 Å². The number of hydrogen-bond acceptors (Lipinski definition) is 5. The summed E-state index contributed by atoms with van der Waals surface area (Å²) >= 11 is 0. The maximum atomic E-state index is 6.02. The highest BCUT2D eigenvalue weighted by Crippen LogP contribution is 2.37. The molecule has 0 saturated heterocycles. The number of rotatable bonds is 5. The Balaban J connectivity index is 2.38. The first-order valence-corrected chi connectivity index (χ1v) is 6.11. The summed E-state index contributed by atoms with van der Waals surface area (Å²) in [6, 6.07) is 11.1. The maximum Gasteiger partial charge on any atom is 0.162 e. The fourth-order valence-electron chi connectivity index (χ4n) is 1.90. The summed E-state index contributed by atoms with van der Waals surface area (Å²) in [5.41, 5.74) is 8.14. The van der Waals surface area contributed by atoms with E-state index in [1.165, 1.54) is 0 Å². The zero-order valence-corrected chi connectivity index (χ0v) is 11.8. The summed E-state index contributed by atoms with van der Waals surface area (Å²) in [6.07, 6.45) is 0. The normalized spacial score (nSPS) is 9.95. The molecule has 20 heavy (non-hydrogen) atoms. The summed E-state index contributed by atoms with van der Waals surface area (Å²) in [4.78, 5) is 0. The Kier molecular flexibility index (Phi) is 4.20. The summed E-state index contributed by atoms with van der Waals surface area (Å²) in [7, 11) is 4.78. The molecule has 3 N–H and O–H groups in total. The van der Waals surface area contributed by atoms with Crippen LogP contribution in [0.5, 0.6) is 17.2 Å². The largest absolute Gasteiger partial charge is 0.495 e. The molecule has 0 aromatic heterocycles. The quantitative estimate of drug-likeness (QED) is 0.820. The van der Waals surface area contributed by atoms with Gasteiger partial charge in [-0.15, -0.1) is 0 Å². The standard InChI is InChI=1S/C15H18N2O3/c1-18-13-7-5-4-6-11(13)17-12-9-15(20-3)14(19-2)8-10(12)16/h4-9,17H,16H2,1-3H3. The molecule has 0 saturated carbocycles. The van der Waals surface area contributed by atoms with Gasteiger partial charge in [-0.25, -0.2) is 0 Å². The van der Waals surface area contributed by atoms with E-state index in [1.54, 1.807) is 33.5 Å². The molecule has 0 fully saturated rings. The molecule has 0 aliphatic rings. The molecule has 106 valence electrons. The number of hydrogen-bond donors (Lipinski definition) is 2.